The predicted octanol–water partition coefficient (Wildman–Crippen LogP) is 4.88. The molecule has 1 N–H and O–H groups in total. The van der Waals surface area contributed by atoms with E-state index in [2.05, 4.69) is 29.6 Å². The summed E-state index contributed by atoms with van der Waals surface area (Å²) in [5, 5.41) is 5.45. The zero-order valence-corrected chi connectivity index (χ0v) is 15.8. The first-order chi connectivity index (χ1) is 13.2. The van der Waals surface area contributed by atoms with Gasteiger partial charge < -0.3 is 14.8 Å². The van der Waals surface area contributed by atoms with Gasteiger partial charge in [-0.3, -0.25) is 4.79 Å². The van der Waals surface area contributed by atoms with Gasteiger partial charge in [0.25, 0.3) is 0 Å². The lowest BCUT2D eigenvalue weighted by atomic mass is 9.99. The second-order valence-electron chi connectivity index (χ2n) is 6.49. The highest BCUT2D eigenvalue weighted by atomic mass is 16.5. The van der Waals surface area contributed by atoms with Gasteiger partial charge in [0.05, 0.1) is 19.8 Å². The van der Waals surface area contributed by atoms with Crippen molar-refractivity contribution >= 4 is 16.7 Å². The highest BCUT2D eigenvalue weighted by Crippen LogP contribution is 2.24. The van der Waals surface area contributed by atoms with E-state index in [4.69, 9.17) is 9.47 Å². The van der Waals surface area contributed by atoms with Crippen molar-refractivity contribution in [1.29, 1.82) is 0 Å². The monoisotopic (exact) mass is 363 g/mol. The van der Waals surface area contributed by atoms with Crippen molar-refractivity contribution < 1.29 is 14.3 Å². The second-order valence-corrected chi connectivity index (χ2v) is 6.49. The number of fused-ring (bicyclic) bond motifs is 1. The van der Waals surface area contributed by atoms with E-state index in [1.165, 1.54) is 10.8 Å². The number of rotatable bonds is 8. The molecule has 0 saturated carbocycles. The van der Waals surface area contributed by atoms with Crippen molar-refractivity contribution in [2.75, 3.05) is 13.7 Å². The van der Waals surface area contributed by atoms with Crippen LogP contribution in [0.25, 0.3) is 10.8 Å². The number of carbonyl (C=O) groups is 1. The first-order valence-electron chi connectivity index (χ1n) is 9.21. The van der Waals surface area contributed by atoms with Crippen molar-refractivity contribution in [3.63, 3.8) is 0 Å². The lowest BCUT2D eigenvalue weighted by molar-refractivity contribution is -0.121. The van der Waals surface area contributed by atoms with Gasteiger partial charge in [0.15, 0.2) is 0 Å². The minimum atomic E-state index is -0.0360. The Balaban J connectivity index is 1.47. The first kappa shape index (κ1) is 18.8. The van der Waals surface area contributed by atoms with E-state index < -0.39 is 0 Å². The largest absolute Gasteiger partial charge is 0.497 e. The molecular weight excluding hydrogens is 338 g/mol. The fraction of sp³-hybridized carbons (Fsp3) is 0.261. The fourth-order valence-corrected chi connectivity index (χ4v) is 3.11. The molecule has 0 aliphatic rings. The first-order valence-corrected chi connectivity index (χ1v) is 9.21. The van der Waals surface area contributed by atoms with E-state index in [0.29, 0.717) is 19.4 Å². The van der Waals surface area contributed by atoms with Gasteiger partial charge in [-0.25, -0.2) is 0 Å². The summed E-state index contributed by atoms with van der Waals surface area (Å²) in [6.45, 7) is 2.52. The van der Waals surface area contributed by atoms with E-state index in [1.54, 1.807) is 7.11 Å². The standard InChI is InChI=1S/C23H25NO3/c1-17(21-10-5-8-18-7-3-4-9-22(18)21)24-23(25)11-6-16-27-20-14-12-19(26-2)13-15-20/h3-5,7-10,12-15,17H,6,11,16H2,1-2H3,(H,24,25)/t17-/m1/s1. The van der Waals surface area contributed by atoms with Crippen LogP contribution in [0.3, 0.4) is 0 Å². The van der Waals surface area contributed by atoms with Crippen molar-refractivity contribution in [2.45, 2.75) is 25.8 Å². The Kier molecular flexibility index (Phi) is 6.31. The topological polar surface area (TPSA) is 47.6 Å². The Morgan fingerprint density at radius 3 is 2.44 bits per heavy atom. The molecule has 3 aromatic carbocycles. The highest BCUT2D eigenvalue weighted by Gasteiger charge is 2.12. The summed E-state index contributed by atoms with van der Waals surface area (Å²) in [4.78, 5) is 12.3. The smallest absolute Gasteiger partial charge is 0.220 e. The molecule has 0 fully saturated rings. The highest BCUT2D eigenvalue weighted by molar-refractivity contribution is 5.86. The van der Waals surface area contributed by atoms with Crippen LogP contribution in [0.15, 0.2) is 66.7 Å². The summed E-state index contributed by atoms with van der Waals surface area (Å²) >= 11 is 0. The Labute approximate surface area is 160 Å². The molecule has 0 radical (unpaired) electrons. The molecule has 27 heavy (non-hydrogen) atoms. The zero-order chi connectivity index (χ0) is 19.1. The number of carbonyl (C=O) groups excluding carboxylic acids is 1. The maximum absolute atomic E-state index is 12.3. The van der Waals surface area contributed by atoms with Crippen molar-refractivity contribution in [3.8, 4) is 11.5 Å². The molecule has 0 saturated heterocycles. The van der Waals surface area contributed by atoms with E-state index in [9.17, 15) is 4.79 Å². The lowest BCUT2D eigenvalue weighted by Gasteiger charge is -2.17. The number of benzene rings is 3. The summed E-state index contributed by atoms with van der Waals surface area (Å²) in [5.74, 6) is 1.61. The van der Waals surface area contributed by atoms with E-state index in [1.807, 2.05) is 49.4 Å². The number of nitrogens with one attached hydrogen (secondary N) is 1. The van der Waals surface area contributed by atoms with Crippen LogP contribution in [-0.2, 0) is 4.79 Å². The molecule has 1 amide bonds. The van der Waals surface area contributed by atoms with Gasteiger partial charge >= 0.3 is 0 Å². The molecule has 140 valence electrons. The number of methoxy groups -OCH3 is 1. The predicted molar refractivity (Wildman–Crippen MR) is 108 cm³/mol. The van der Waals surface area contributed by atoms with Gasteiger partial charge in [-0.15, -0.1) is 0 Å². The van der Waals surface area contributed by atoms with Crippen LogP contribution in [0.1, 0.15) is 31.4 Å². The molecule has 3 aromatic rings. The van der Waals surface area contributed by atoms with Crippen molar-refractivity contribution in [2.24, 2.45) is 0 Å². The van der Waals surface area contributed by atoms with Crippen molar-refractivity contribution in [1.82, 2.24) is 5.32 Å². The van der Waals surface area contributed by atoms with Crippen LogP contribution in [0, 0.1) is 0 Å². The van der Waals surface area contributed by atoms with Crippen molar-refractivity contribution in [3.05, 3.63) is 72.3 Å². The van der Waals surface area contributed by atoms with Gasteiger partial charge in [0.1, 0.15) is 11.5 Å². The van der Waals surface area contributed by atoms with Crippen LogP contribution < -0.4 is 14.8 Å². The lowest BCUT2D eigenvalue weighted by Crippen LogP contribution is -2.26. The molecule has 0 spiro atoms. The van der Waals surface area contributed by atoms with Crippen LogP contribution in [-0.4, -0.2) is 19.6 Å². The van der Waals surface area contributed by atoms with Gasteiger partial charge in [0, 0.05) is 6.42 Å². The summed E-state index contributed by atoms with van der Waals surface area (Å²) in [6.07, 6.45) is 1.10. The third-order valence-electron chi connectivity index (χ3n) is 4.54. The fourth-order valence-electron chi connectivity index (χ4n) is 3.11. The van der Waals surface area contributed by atoms with Gasteiger partial charge in [0.2, 0.25) is 5.91 Å². The average Bonchev–Trinajstić information content (AvgIpc) is 2.71. The molecule has 1 atom stereocenters. The second kappa shape index (κ2) is 9.08. The minimum Gasteiger partial charge on any atom is -0.497 e. The van der Waals surface area contributed by atoms with Gasteiger partial charge in [-0.05, 0) is 53.9 Å². The number of amides is 1. The summed E-state index contributed by atoms with van der Waals surface area (Å²) in [5.41, 5.74) is 1.14. The number of hydrogen-bond donors (Lipinski definition) is 1. The molecule has 0 aliphatic carbocycles. The molecule has 4 nitrogen and oxygen atoms in total. The van der Waals surface area contributed by atoms with E-state index >= 15 is 0 Å². The normalized spacial score (nSPS) is 11.8. The molecule has 4 heteroatoms. The molecular formula is C23H25NO3. The average molecular weight is 363 g/mol. The maximum Gasteiger partial charge on any atom is 0.220 e. The Hall–Kier alpha value is -3.01. The molecule has 0 bridgehead atoms. The molecule has 0 aromatic heterocycles. The van der Waals surface area contributed by atoms with Crippen LogP contribution >= 0.6 is 0 Å². The van der Waals surface area contributed by atoms with Crippen LogP contribution in [0.5, 0.6) is 11.5 Å². The van der Waals surface area contributed by atoms with E-state index in [-0.39, 0.29) is 11.9 Å². The van der Waals surface area contributed by atoms with Gasteiger partial charge in [-0.1, -0.05) is 42.5 Å². The Bertz CT molecular complexity index is 884. The minimum absolute atomic E-state index is 0.0359. The van der Waals surface area contributed by atoms with Crippen LogP contribution in [0.2, 0.25) is 0 Å². The Morgan fingerprint density at radius 2 is 1.67 bits per heavy atom. The third kappa shape index (κ3) is 5.00. The SMILES string of the molecule is COc1ccc(OCCCC(=O)N[C@H](C)c2cccc3ccccc23)cc1. The number of hydrogen-bond acceptors (Lipinski definition) is 3. The maximum atomic E-state index is 12.3. The summed E-state index contributed by atoms with van der Waals surface area (Å²) < 4.78 is 10.8. The molecule has 0 unspecified atom stereocenters. The third-order valence-corrected chi connectivity index (χ3v) is 4.54. The summed E-state index contributed by atoms with van der Waals surface area (Å²) in [6, 6.07) is 21.8. The Morgan fingerprint density at radius 1 is 0.963 bits per heavy atom. The van der Waals surface area contributed by atoms with Crippen LogP contribution in [0.4, 0.5) is 0 Å². The number of ether oxygens (including phenoxy) is 2. The molecule has 0 heterocycles. The van der Waals surface area contributed by atoms with Gasteiger partial charge in [-0.2, -0.15) is 0 Å². The molecule has 0 aliphatic heterocycles. The zero-order valence-electron chi connectivity index (χ0n) is 15.8. The molecule has 3 rings (SSSR count). The van der Waals surface area contributed by atoms with E-state index in [0.717, 1.165) is 17.1 Å². The summed E-state index contributed by atoms with van der Waals surface area (Å²) in [7, 11) is 1.63. The quantitative estimate of drug-likeness (QED) is 0.580.